The van der Waals surface area contributed by atoms with E-state index in [4.69, 9.17) is 4.74 Å². The van der Waals surface area contributed by atoms with Crippen LogP contribution in [0.2, 0.25) is 0 Å². The molecule has 0 radical (unpaired) electrons. The van der Waals surface area contributed by atoms with Gasteiger partial charge in [-0.25, -0.2) is 8.78 Å². The molecule has 1 nitrogen and oxygen atoms in total. The molecule has 0 saturated heterocycles. The minimum atomic E-state index is -0.948. The molecular formula is C26H27F3O. The van der Waals surface area contributed by atoms with Crippen molar-refractivity contribution in [1.29, 1.82) is 0 Å². The molecule has 0 bridgehead atoms. The van der Waals surface area contributed by atoms with Crippen molar-refractivity contribution in [3.05, 3.63) is 88.7 Å². The number of ether oxygens (including phenoxy) is 1. The summed E-state index contributed by atoms with van der Waals surface area (Å²) in [4.78, 5) is 0. The Balaban J connectivity index is 1.67. The van der Waals surface area contributed by atoms with Gasteiger partial charge in [-0.15, -0.1) is 0 Å². The molecule has 0 spiro atoms. The summed E-state index contributed by atoms with van der Waals surface area (Å²) in [7, 11) is 0. The van der Waals surface area contributed by atoms with Gasteiger partial charge in [-0.05, 0) is 59.2 Å². The lowest BCUT2D eigenvalue weighted by molar-refractivity contribution is 0.284. The highest BCUT2D eigenvalue weighted by Crippen LogP contribution is 2.26. The summed E-state index contributed by atoms with van der Waals surface area (Å²) in [5.41, 5.74) is 3.61. The van der Waals surface area contributed by atoms with E-state index in [0.717, 1.165) is 47.9 Å². The highest BCUT2D eigenvalue weighted by molar-refractivity contribution is 5.64. The summed E-state index contributed by atoms with van der Waals surface area (Å²) in [6.45, 7) is 4.12. The smallest absolute Gasteiger partial charge is 0.200 e. The Morgan fingerprint density at radius 1 is 0.700 bits per heavy atom. The number of hydrogen-bond acceptors (Lipinski definition) is 1. The molecule has 0 aromatic heterocycles. The minimum absolute atomic E-state index is 0.0961. The fourth-order valence-electron chi connectivity index (χ4n) is 3.40. The average molecular weight is 412 g/mol. The second kappa shape index (κ2) is 10.3. The van der Waals surface area contributed by atoms with E-state index in [-0.39, 0.29) is 18.2 Å². The van der Waals surface area contributed by atoms with Crippen LogP contribution in [0.15, 0.2) is 54.6 Å². The monoisotopic (exact) mass is 412 g/mol. The van der Waals surface area contributed by atoms with E-state index in [2.05, 4.69) is 6.92 Å². The fraction of sp³-hybridized carbons (Fsp3) is 0.308. The van der Waals surface area contributed by atoms with Crippen molar-refractivity contribution in [2.24, 2.45) is 0 Å². The number of benzene rings is 3. The van der Waals surface area contributed by atoms with Gasteiger partial charge in [-0.2, -0.15) is 4.39 Å². The second-order valence-electron chi connectivity index (χ2n) is 7.50. The maximum absolute atomic E-state index is 14.3. The zero-order valence-corrected chi connectivity index (χ0v) is 17.5. The third kappa shape index (κ3) is 5.24. The first-order valence-electron chi connectivity index (χ1n) is 10.5. The predicted octanol–water partition coefficient (Wildman–Crippen LogP) is 7.65. The summed E-state index contributed by atoms with van der Waals surface area (Å²) < 4.78 is 48.0. The van der Waals surface area contributed by atoms with Crippen molar-refractivity contribution in [2.45, 2.75) is 52.6 Å². The van der Waals surface area contributed by atoms with Gasteiger partial charge in [0.25, 0.3) is 0 Å². The predicted molar refractivity (Wildman–Crippen MR) is 115 cm³/mol. The van der Waals surface area contributed by atoms with Crippen molar-refractivity contribution in [3.63, 3.8) is 0 Å². The van der Waals surface area contributed by atoms with Crippen LogP contribution in [-0.2, 0) is 19.4 Å². The van der Waals surface area contributed by atoms with E-state index in [1.807, 2.05) is 43.3 Å². The SMILES string of the molecule is CCCCc1ccc(-c2ccc(COc3ccc(CCC)c(F)c3F)cc2)cc1F. The quantitative estimate of drug-likeness (QED) is 0.351. The van der Waals surface area contributed by atoms with Crippen LogP contribution in [0.4, 0.5) is 13.2 Å². The van der Waals surface area contributed by atoms with E-state index >= 15 is 0 Å². The van der Waals surface area contributed by atoms with Gasteiger partial charge in [0.2, 0.25) is 5.82 Å². The maximum atomic E-state index is 14.3. The molecule has 0 aliphatic rings. The summed E-state index contributed by atoms with van der Waals surface area (Å²) in [5, 5.41) is 0. The van der Waals surface area contributed by atoms with Crippen molar-refractivity contribution in [1.82, 2.24) is 0 Å². The van der Waals surface area contributed by atoms with Crippen molar-refractivity contribution < 1.29 is 17.9 Å². The van der Waals surface area contributed by atoms with Crippen LogP contribution in [0.5, 0.6) is 5.75 Å². The molecule has 0 atom stereocenters. The van der Waals surface area contributed by atoms with Gasteiger partial charge >= 0.3 is 0 Å². The Hall–Kier alpha value is -2.75. The topological polar surface area (TPSA) is 9.23 Å². The summed E-state index contributed by atoms with van der Waals surface area (Å²) in [6.07, 6.45) is 3.98. The van der Waals surface area contributed by atoms with E-state index in [0.29, 0.717) is 12.0 Å². The second-order valence-corrected chi connectivity index (χ2v) is 7.50. The standard InChI is InChI=1S/C26H27F3O/c1-3-5-7-20-12-13-22(16-23(20)27)19-10-8-18(9-11-19)17-30-24-15-14-21(6-4-2)25(28)26(24)29/h8-16H,3-7,17H2,1-2H3. The Labute approximate surface area is 176 Å². The first-order chi connectivity index (χ1) is 14.5. The van der Waals surface area contributed by atoms with Crippen LogP contribution < -0.4 is 4.74 Å². The first kappa shape index (κ1) is 21.9. The molecule has 0 amide bonds. The maximum Gasteiger partial charge on any atom is 0.200 e. The van der Waals surface area contributed by atoms with E-state index in [1.165, 1.54) is 6.07 Å². The molecular weight excluding hydrogens is 385 g/mol. The molecule has 0 heterocycles. The average Bonchev–Trinajstić information content (AvgIpc) is 2.76. The van der Waals surface area contributed by atoms with Crippen LogP contribution in [0.25, 0.3) is 11.1 Å². The fourth-order valence-corrected chi connectivity index (χ4v) is 3.40. The highest BCUT2D eigenvalue weighted by Gasteiger charge is 2.14. The number of rotatable bonds is 9. The molecule has 0 saturated carbocycles. The molecule has 0 aliphatic heterocycles. The van der Waals surface area contributed by atoms with Gasteiger partial charge in [0, 0.05) is 0 Å². The first-order valence-corrected chi connectivity index (χ1v) is 10.5. The molecule has 4 heteroatoms. The molecule has 158 valence electrons. The number of unbranched alkanes of at least 4 members (excludes halogenated alkanes) is 1. The molecule has 3 aromatic rings. The lowest BCUT2D eigenvalue weighted by Gasteiger charge is -2.11. The summed E-state index contributed by atoms with van der Waals surface area (Å²) in [6, 6.07) is 15.8. The molecule has 3 rings (SSSR count). The van der Waals surface area contributed by atoms with Crippen LogP contribution in [0.3, 0.4) is 0 Å². The minimum Gasteiger partial charge on any atom is -0.486 e. The lowest BCUT2D eigenvalue weighted by Crippen LogP contribution is -2.01. The largest absolute Gasteiger partial charge is 0.486 e. The summed E-state index contributed by atoms with van der Waals surface area (Å²) in [5.74, 6) is -2.07. The Morgan fingerprint density at radius 2 is 1.40 bits per heavy atom. The molecule has 0 unspecified atom stereocenters. The number of halogens is 3. The van der Waals surface area contributed by atoms with Crippen molar-refractivity contribution in [3.8, 4) is 16.9 Å². The lowest BCUT2D eigenvalue weighted by atomic mass is 10.0. The third-order valence-electron chi connectivity index (χ3n) is 5.18. The van der Waals surface area contributed by atoms with Crippen LogP contribution in [-0.4, -0.2) is 0 Å². The van der Waals surface area contributed by atoms with Gasteiger partial charge in [0.1, 0.15) is 12.4 Å². The van der Waals surface area contributed by atoms with E-state index in [1.54, 1.807) is 12.1 Å². The van der Waals surface area contributed by atoms with Crippen LogP contribution in [0.1, 0.15) is 49.8 Å². The van der Waals surface area contributed by atoms with Gasteiger partial charge < -0.3 is 4.74 Å². The molecule has 0 fully saturated rings. The van der Waals surface area contributed by atoms with Crippen LogP contribution in [0, 0.1) is 17.5 Å². The van der Waals surface area contributed by atoms with Gasteiger partial charge in [0.05, 0.1) is 0 Å². The number of aryl methyl sites for hydroxylation is 2. The zero-order chi connectivity index (χ0) is 21.5. The highest BCUT2D eigenvalue weighted by atomic mass is 19.2. The Morgan fingerprint density at radius 3 is 2.07 bits per heavy atom. The van der Waals surface area contributed by atoms with Gasteiger partial charge in [-0.3, -0.25) is 0 Å². The Bertz CT molecular complexity index is 980. The van der Waals surface area contributed by atoms with E-state index in [9.17, 15) is 13.2 Å². The van der Waals surface area contributed by atoms with E-state index < -0.39 is 11.6 Å². The molecule has 0 aliphatic carbocycles. The molecule has 30 heavy (non-hydrogen) atoms. The zero-order valence-electron chi connectivity index (χ0n) is 17.5. The molecule has 0 N–H and O–H groups in total. The molecule has 3 aromatic carbocycles. The van der Waals surface area contributed by atoms with Crippen molar-refractivity contribution >= 4 is 0 Å². The third-order valence-corrected chi connectivity index (χ3v) is 5.18. The van der Waals surface area contributed by atoms with Gasteiger partial charge in [0.15, 0.2) is 11.6 Å². The van der Waals surface area contributed by atoms with Crippen molar-refractivity contribution in [2.75, 3.05) is 0 Å². The normalized spacial score (nSPS) is 11.0. The Kier molecular flexibility index (Phi) is 7.56. The summed E-state index contributed by atoms with van der Waals surface area (Å²) >= 11 is 0. The van der Waals surface area contributed by atoms with Crippen LogP contribution >= 0.6 is 0 Å². The number of hydrogen-bond donors (Lipinski definition) is 0. The van der Waals surface area contributed by atoms with Gasteiger partial charge in [-0.1, -0.05) is 69.2 Å².